The summed E-state index contributed by atoms with van der Waals surface area (Å²) in [5.41, 5.74) is -0.175. The SMILES string of the molecule is CCOC(=O)C[C@@H]1CCN(C(=O)O)C1C(C)(C)C. The molecule has 2 atom stereocenters. The zero-order chi connectivity index (χ0) is 13.9. The van der Waals surface area contributed by atoms with E-state index in [0.29, 0.717) is 19.6 Å². The molecule has 0 aliphatic carbocycles. The maximum atomic E-state index is 11.6. The van der Waals surface area contributed by atoms with Crippen molar-refractivity contribution in [2.24, 2.45) is 11.3 Å². The van der Waals surface area contributed by atoms with Gasteiger partial charge in [0, 0.05) is 12.6 Å². The monoisotopic (exact) mass is 257 g/mol. The summed E-state index contributed by atoms with van der Waals surface area (Å²) in [4.78, 5) is 24.2. The van der Waals surface area contributed by atoms with Crippen LogP contribution in [0.3, 0.4) is 0 Å². The number of esters is 1. The molecule has 1 aliphatic heterocycles. The molecular formula is C13H23NO4. The molecule has 1 N–H and O–H groups in total. The fraction of sp³-hybridized carbons (Fsp3) is 0.846. The maximum absolute atomic E-state index is 11.6. The Labute approximate surface area is 108 Å². The quantitative estimate of drug-likeness (QED) is 0.788. The van der Waals surface area contributed by atoms with Gasteiger partial charge in [0.1, 0.15) is 0 Å². The number of likely N-dealkylation sites (tertiary alicyclic amines) is 1. The predicted octanol–water partition coefficient (Wildman–Crippen LogP) is 2.35. The third-order valence-corrected chi connectivity index (χ3v) is 3.39. The Hall–Kier alpha value is -1.26. The first kappa shape index (κ1) is 14.8. The number of hydrogen-bond donors (Lipinski definition) is 1. The highest BCUT2D eigenvalue weighted by molar-refractivity contribution is 5.70. The van der Waals surface area contributed by atoms with Gasteiger partial charge in [-0.1, -0.05) is 20.8 Å². The van der Waals surface area contributed by atoms with E-state index in [1.165, 1.54) is 4.90 Å². The van der Waals surface area contributed by atoms with Crippen LogP contribution in [0.1, 0.15) is 40.5 Å². The van der Waals surface area contributed by atoms with Crippen molar-refractivity contribution >= 4 is 12.1 Å². The van der Waals surface area contributed by atoms with Crippen molar-refractivity contribution in [1.82, 2.24) is 4.90 Å². The minimum atomic E-state index is -0.902. The van der Waals surface area contributed by atoms with Gasteiger partial charge in [-0.2, -0.15) is 0 Å². The standard InChI is InChI=1S/C13H23NO4/c1-5-18-10(15)8-9-6-7-14(12(16)17)11(9)13(2,3)4/h9,11H,5-8H2,1-4H3,(H,16,17)/t9-,11?/m0/s1. The molecule has 1 rings (SSSR count). The molecule has 1 unspecified atom stereocenters. The minimum Gasteiger partial charge on any atom is -0.466 e. The average molecular weight is 257 g/mol. The van der Waals surface area contributed by atoms with E-state index in [2.05, 4.69) is 0 Å². The van der Waals surface area contributed by atoms with Gasteiger partial charge in [-0.3, -0.25) is 4.79 Å². The lowest BCUT2D eigenvalue weighted by Crippen LogP contribution is -2.45. The summed E-state index contributed by atoms with van der Waals surface area (Å²) in [7, 11) is 0. The molecule has 18 heavy (non-hydrogen) atoms. The fourth-order valence-corrected chi connectivity index (χ4v) is 2.89. The van der Waals surface area contributed by atoms with Crippen LogP contribution in [-0.2, 0) is 9.53 Å². The highest BCUT2D eigenvalue weighted by Gasteiger charge is 2.44. The van der Waals surface area contributed by atoms with E-state index in [1.54, 1.807) is 6.92 Å². The zero-order valence-electron chi connectivity index (χ0n) is 11.6. The van der Waals surface area contributed by atoms with Crippen LogP contribution in [0.15, 0.2) is 0 Å². The molecule has 0 spiro atoms. The van der Waals surface area contributed by atoms with Gasteiger partial charge >= 0.3 is 12.1 Å². The van der Waals surface area contributed by atoms with E-state index < -0.39 is 6.09 Å². The number of carboxylic acid groups (broad SMARTS) is 1. The Bertz CT molecular complexity index is 321. The van der Waals surface area contributed by atoms with Gasteiger partial charge in [0.05, 0.1) is 13.0 Å². The van der Waals surface area contributed by atoms with Crippen LogP contribution in [-0.4, -0.2) is 41.3 Å². The van der Waals surface area contributed by atoms with Crippen molar-refractivity contribution in [1.29, 1.82) is 0 Å². The van der Waals surface area contributed by atoms with Crippen LogP contribution in [0, 0.1) is 11.3 Å². The first-order chi connectivity index (χ1) is 8.27. The molecular weight excluding hydrogens is 234 g/mol. The second-order valence-corrected chi connectivity index (χ2v) is 5.84. The Kier molecular flexibility index (Phi) is 4.59. The molecule has 0 aromatic carbocycles. The molecule has 0 saturated carbocycles. The van der Waals surface area contributed by atoms with Crippen LogP contribution in [0.5, 0.6) is 0 Å². The first-order valence-corrected chi connectivity index (χ1v) is 6.42. The van der Waals surface area contributed by atoms with Gasteiger partial charge in [-0.25, -0.2) is 4.79 Å². The van der Waals surface area contributed by atoms with Crippen molar-refractivity contribution in [2.75, 3.05) is 13.2 Å². The first-order valence-electron chi connectivity index (χ1n) is 6.42. The summed E-state index contributed by atoms with van der Waals surface area (Å²) in [6, 6.07) is -0.126. The van der Waals surface area contributed by atoms with Gasteiger partial charge < -0.3 is 14.7 Å². The summed E-state index contributed by atoms with van der Waals surface area (Å²) >= 11 is 0. The predicted molar refractivity (Wildman–Crippen MR) is 67.3 cm³/mol. The Morgan fingerprint density at radius 3 is 2.44 bits per heavy atom. The average Bonchev–Trinajstić information content (AvgIpc) is 2.61. The number of rotatable bonds is 3. The number of nitrogens with zero attached hydrogens (tertiary/aromatic N) is 1. The lowest BCUT2D eigenvalue weighted by molar-refractivity contribution is -0.144. The smallest absolute Gasteiger partial charge is 0.407 e. The Morgan fingerprint density at radius 2 is 2.00 bits per heavy atom. The molecule has 1 fully saturated rings. The number of carbonyl (C=O) groups excluding carboxylic acids is 1. The number of amides is 1. The van der Waals surface area contributed by atoms with Crippen LogP contribution in [0.2, 0.25) is 0 Å². The molecule has 0 bridgehead atoms. The molecule has 0 radical (unpaired) electrons. The van der Waals surface area contributed by atoms with Gasteiger partial charge in [-0.05, 0) is 24.7 Å². The van der Waals surface area contributed by atoms with E-state index in [-0.39, 0.29) is 23.3 Å². The Morgan fingerprint density at radius 1 is 1.39 bits per heavy atom. The summed E-state index contributed by atoms with van der Waals surface area (Å²) in [6.45, 7) is 8.68. The Balaban J connectivity index is 2.79. The molecule has 5 heteroatoms. The maximum Gasteiger partial charge on any atom is 0.407 e. The van der Waals surface area contributed by atoms with Crippen molar-refractivity contribution < 1.29 is 19.4 Å². The molecule has 0 aromatic rings. The van der Waals surface area contributed by atoms with E-state index in [4.69, 9.17) is 4.74 Å². The van der Waals surface area contributed by atoms with E-state index in [0.717, 1.165) is 6.42 Å². The lowest BCUT2D eigenvalue weighted by atomic mass is 9.78. The zero-order valence-corrected chi connectivity index (χ0v) is 11.6. The normalized spacial score (nSPS) is 24.1. The van der Waals surface area contributed by atoms with Gasteiger partial charge in [0.25, 0.3) is 0 Å². The summed E-state index contributed by atoms with van der Waals surface area (Å²) in [6.07, 6.45) is 0.133. The second kappa shape index (κ2) is 5.59. The fourth-order valence-electron chi connectivity index (χ4n) is 2.89. The van der Waals surface area contributed by atoms with Crippen LogP contribution in [0.4, 0.5) is 4.79 Å². The number of ether oxygens (including phenoxy) is 1. The van der Waals surface area contributed by atoms with Crippen molar-refractivity contribution in [2.45, 2.75) is 46.6 Å². The van der Waals surface area contributed by atoms with Crippen molar-refractivity contribution in [3.8, 4) is 0 Å². The number of carbonyl (C=O) groups is 2. The third-order valence-electron chi connectivity index (χ3n) is 3.39. The third kappa shape index (κ3) is 3.37. The molecule has 5 nitrogen and oxygen atoms in total. The molecule has 1 heterocycles. The summed E-state index contributed by atoms with van der Waals surface area (Å²) in [5, 5.41) is 9.21. The largest absolute Gasteiger partial charge is 0.466 e. The molecule has 0 aromatic heterocycles. The van der Waals surface area contributed by atoms with Crippen molar-refractivity contribution in [3.05, 3.63) is 0 Å². The molecule has 104 valence electrons. The van der Waals surface area contributed by atoms with Gasteiger partial charge in [-0.15, -0.1) is 0 Å². The van der Waals surface area contributed by atoms with Crippen LogP contribution >= 0.6 is 0 Å². The summed E-state index contributed by atoms with van der Waals surface area (Å²) in [5.74, 6) is -0.177. The van der Waals surface area contributed by atoms with E-state index in [9.17, 15) is 14.7 Å². The van der Waals surface area contributed by atoms with E-state index >= 15 is 0 Å². The summed E-state index contributed by atoms with van der Waals surface area (Å²) < 4.78 is 4.96. The van der Waals surface area contributed by atoms with Crippen LogP contribution in [0.25, 0.3) is 0 Å². The number of hydrogen-bond acceptors (Lipinski definition) is 3. The molecule has 1 aliphatic rings. The van der Waals surface area contributed by atoms with E-state index in [1.807, 2.05) is 20.8 Å². The second-order valence-electron chi connectivity index (χ2n) is 5.84. The highest BCUT2D eigenvalue weighted by Crippen LogP contribution is 2.38. The molecule has 1 saturated heterocycles. The molecule has 1 amide bonds. The van der Waals surface area contributed by atoms with Crippen LogP contribution < -0.4 is 0 Å². The highest BCUT2D eigenvalue weighted by atomic mass is 16.5. The minimum absolute atomic E-state index is 0.0557. The van der Waals surface area contributed by atoms with Gasteiger partial charge in [0.2, 0.25) is 0 Å². The topological polar surface area (TPSA) is 66.8 Å². The van der Waals surface area contributed by atoms with Gasteiger partial charge in [0.15, 0.2) is 0 Å². The lowest BCUT2D eigenvalue weighted by Gasteiger charge is -2.36. The van der Waals surface area contributed by atoms with Crippen molar-refractivity contribution in [3.63, 3.8) is 0 Å².